The molecule has 1 aliphatic heterocycles. The smallest absolute Gasteiger partial charge is 0.361 e. The lowest BCUT2D eigenvalue weighted by atomic mass is 10.3. The third-order valence-corrected chi connectivity index (χ3v) is 4.92. The van der Waals surface area contributed by atoms with E-state index in [9.17, 15) is 13.2 Å². The number of piperazine rings is 1. The molecule has 0 bridgehead atoms. The zero-order chi connectivity index (χ0) is 17.7. The Labute approximate surface area is 147 Å². The first-order valence-corrected chi connectivity index (χ1v) is 8.85. The quantitative estimate of drug-likeness (QED) is 0.787. The van der Waals surface area contributed by atoms with Crippen molar-refractivity contribution >= 4 is 22.4 Å². The van der Waals surface area contributed by atoms with Gasteiger partial charge in [0.25, 0.3) is 0 Å². The van der Waals surface area contributed by atoms with Crippen LogP contribution in [0.2, 0.25) is 0 Å². The van der Waals surface area contributed by atoms with E-state index < -0.39 is 11.1 Å². The van der Waals surface area contributed by atoms with Crippen LogP contribution in [0.3, 0.4) is 0 Å². The van der Waals surface area contributed by atoms with E-state index >= 15 is 0 Å². The molecule has 3 heterocycles. The van der Waals surface area contributed by atoms with Crippen LogP contribution in [-0.2, 0) is 6.18 Å². The summed E-state index contributed by atoms with van der Waals surface area (Å²) in [7, 11) is 0. The first kappa shape index (κ1) is 17.9. The molecule has 1 aliphatic rings. The molecular formula is C15H19F3N6S. The Morgan fingerprint density at radius 2 is 1.80 bits per heavy atom. The molecule has 0 aliphatic carbocycles. The second-order valence-corrected chi connectivity index (χ2v) is 6.72. The van der Waals surface area contributed by atoms with Crippen LogP contribution < -0.4 is 10.2 Å². The van der Waals surface area contributed by atoms with Gasteiger partial charge in [-0.05, 0) is 19.0 Å². The zero-order valence-corrected chi connectivity index (χ0v) is 14.4. The number of anilines is 2. The fourth-order valence-electron chi connectivity index (χ4n) is 2.61. The molecule has 10 heteroatoms. The van der Waals surface area contributed by atoms with E-state index in [1.165, 1.54) is 0 Å². The number of alkyl halides is 3. The molecule has 0 amide bonds. The van der Waals surface area contributed by atoms with Crippen LogP contribution in [0.5, 0.6) is 0 Å². The Balaban J connectivity index is 1.34. The second kappa shape index (κ2) is 7.96. The SMILES string of the molecule is FC(F)(F)c1cnc(NCCCN2CCN(c3ncccn3)CC2)s1. The molecule has 136 valence electrons. The average molecular weight is 372 g/mol. The fraction of sp³-hybridized carbons (Fsp3) is 0.533. The summed E-state index contributed by atoms with van der Waals surface area (Å²) in [5.41, 5.74) is 0. The first-order chi connectivity index (χ1) is 12.0. The Hall–Kier alpha value is -1.94. The highest BCUT2D eigenvalue weighted by atomic mass is 32.1. The number of halogens is 3. The van der Waals surface area contributed by atoms with Gasteiger partial charge in [-0.15, -0.1) is 0 Å². The third kappa shape index (κ3) is 5.02. The number of hydrogen-bond acceptors (Lipinski definition) is 7. The van der Waals surface area contributed by atoms with Crippen LogP contribution >= 0.6 is 11.3 Å². The Morgan fingerprint density at radius 1 is 1.08 bits per heavy atom. The summed E-state index contributed by atoms with van der Waals surface area (Å²) >= 11 is 0.642. The Morgan fingerprint density at radius 3 is 2.44 bits per heavy atom. The number of aromatic nitrogens is 3. The summed E-state index contributed by atoms with van der Waals surface area (Å²) in [6.07, 6.45) is 0.882. The van der Waals surface area contributed by atoms with Crippen LogP contribution in [0.4, 0.5) is 24.3 Å². The van der Waals surface area contributed by atoms with Crippen molar-refractivity contribution in [2.75, 3.05) is 49.5 Å². The summed E-state index contributed by atoms with van der Waals surface area (Å²) < 4.78 is 37.5. The van der Waals surface area contributed by atoms with Crippen molar-refractivity contribution in [1.29, 1.82) is 0 Å². The van der Waals surface area contributed by atoms with Crippen LogP contribution in [0.15, 0.2) is 24.7 Å². The van der Waals surface area contributed by atoms with Crippen LogP contribution in [0.1, 0.15) is 11.3 Å². The van der Waals surface area contributed by atoms with E-state index in [1.807, 2.05) is 0 Å². The molecule has 0 aromatic carbocycles. The zero-order valence-electron chi connectivity index (χ0n) is 13.5. The van der Waals surface area contributed by atoms with Crippen LogP contribution in [0.25, 0.3) is 0 Å². The monoisotopic (exact) mass is 372 g/mol. The number of hydrogen-bond donors (Lipinski definition) is 1. The lowest BCUT2D eigenvalue weighted by molar-refractivity contribution is -0.134. The highest BCUT2D eigenvalue weighted by Crippen LogP contribution is 2.34. The Kier molecular flexibility index (Phi) is 5.69. The summed E-state index contributed by atoms with van der Waals surface area (Å²) in [5.74, 6) is 0.757. The van der Waals surface area contributed by atoms with Crippen LogP contribution in [0, 0.1) is 0 Å². The minimum Gasteiger partial charge on any atom is -0.361 e. The van der Waals surface area contributed by atoms with Gasteiger partial charge in [-0.25, -0.2) is 15.0 Å². The molecule has 2 aromatic heterocycles. The topological polar surface area (TPSA) is 57.2 Å². The molecule has 0 unspecified atom stereocenters. The maximum atomic E-state index is 12.5. The van der Waals surface area contributed by atoms with Crippen molar-refractivity contribution in [3.05, 3.63) is 29.5 Å². The second-order valence-electron chi connectivity index (χ2n) is 5.69. The number of thiazole rings is 1. The fourth-order valence-corrected chi connectivity index (χ4v) is 3.32. The minimum absolute atomic E-state index is 0.318. The largest absolute Gasteiger partial charge is 0.427 e. The Bertz CT molecular complexity index is 655. The minimum atomic E-state index is -4.32. The van der Waals surface area contributed by atoms with Crippen LogP contribution in [-0.4, -0.2) is 59.1 Å². The van der Waals surface area contributed by atoms with E-state index in [2.05, 4.69) is 30.1 Å². The van der Waals surface area contributed by atoms with Gasteiger partial charge in [-0.3, -0.25) is 4.90 Å². The van der Waals surface area contributed by atoms with Crippen molar-refractivity contribution < 1.29 is 13.2 Å². The third-order valence-electron chi connectivity index (χ3n) is 3.92. The maximum absolute atomic E-state index is 12.5. The van der Waals surface area contributed by atoms with E-state index in [0.717, 1.165) is 51.3 Å². The molecule has 2 aromatic rings. The summed E-state index contributed by atoms with van der Waals surface area (Å²) in [5, 5.41) is 3.28. The van der Waals surface area contributed by atoms with E-state index in [1.54, 1.807) is 18.5 Å². The van der Waals surface area contributed by atoms with Crippen molar-refractivity contribution in [1.82, 2.24) is 19.9 Å². The highest BCUT2D eigenvalue weighted by molar-refractivity contribution is 7.15. The molecule has 6 nitrogen and oxygen atoms in total. The van der Waals surface area contributed by atoms with Crippen molar-refractivity contribution in [3.63, 3.8) is 0 Å². The maximum Gasteiger partial charge on any atom is 0.427 e. The summed E-state index contributed by atoms with van der Waals surface area (Å²) in [6, 6.07) is 1.80. The van der Waals surface area contributed by atoms with Gasteiger partial charge < -0.3 is 10.2 Å². The number of nitrogens with zero attached hydrogens (tertiary/aromatic N) is 5. The molecular weight excluding hydrogens is 353 g/mol. The van der Waals surface area contributed by atoms with Gasteiger partial charge in [0.1, 0.15) is 4.88 Å². The molecule has 1 N–H and O–H groups in total. The van der Waals surface area contributed by atoms with Gasteiger partial charge in [0.05, 0.1) is 6.20 Å². The van der Waals surface area contributed by atoms with Gasteiger partial charge in [0.15, 0.2) is 5.13 Å². The molecule has 3 rings (SSSR count). The molecule has 0 spiro atoms. The average Bonchev–Trinajstić information content (AvgIpc) is 3.09. The normalized spacial score (nSPS) is 16.2. The molecule has 1 saturated heterocycles. The lowest BCUT2D eigenvalue weighted by Gasteiger charge is -2.34. The van der Waals surface area contributed by atoms with E-state index in [4.69, 9.17) is 0 Å². The molecule has 1 fully saturated rings. The number of rotatable bonds is 6. The van der Waals surface area contributed by atoms with Gasteiger partial charge in [-0.2, -0.15) is 13.2 Å². The van der Waals surface area contributed by atoms with Gasteiger partial charge in [0.2, 0.25) is 5.95 Å². The van der Waals surface area contributed by atoms with Crippen molar-refractivity contribution in [2.45, 2.75) is 12.6 Å². The summed E-state index contributed by atoms with van der Waals surface area (Å²) in [4.78, 5) is 16.1. The van der Waals surface area contributed by atoms with Crippen molar-refractivity contribution in [3.8, 4) is 0 Å². The molecule has 25 heavy (non-hydrogen) atoms. The van der Waals surface area contributed by atoms with Gasteiger partial charge in [-0.1, -0.05) is 11.3 Å². The number of nitrogens with one attached hydrogen (secondary N) is 1. The molecule has 0 saturated carbocycles. The lowest BCUT2D eigenvalue weighted by Crippen LogP contribution is -2.47. The first-order valence-electron chi connectivity index (χ1n) is 8.03. The van der Waals surface area contributed by atoms with Gasteiger partial charge in [0, 0.05) is 45.1 Å². The van der Waals surface area contributed by atoms with Gasteiger partial charge >= 0.3 is 6.18 Å². The molecule has 0 atom stereocenters. The van der Waals surface area contributed by atoms with E-state index in [0.29, 0.717) is 23.0 Å². The predicted octanol–water partition coefficient (Wildman–Crippen LogP) is 2.58. The predicted molar refractivity (Wildman–Crippen MR) is 90.9 cm³/mol. The van der Waals surface area contributed by atoms with E-state index in [-0.39, 0.29) is 0 Å². The highest BCUT2D eigenvalue weighted by Gasteiger charge is 2.33. The molecule has 0 radical (unpaired) electrons. The summed E-state index contributed by atoms with van der Waals surface area (Å²) in [6.45, 7) is 5.10. The standard InChI is InChI=1S/C15H19F3N6S/c16-15(17,18)12-11-22-14(25-12)21-5-2-6-23-7-9-24(10-8-23)13-19-3-1-4-20-13/h1,3-4,11H,2,5-10H2,(H,21,22). The van der Waals surface area contributed by atoms with Crippen molar-refractivity contribution in [2.24, 2.45) is 0 Å².